The molecule has 0 aliphatic heterocycles. The van der Waals surface area contributed by atoms with E-state index in [1.807, 2.05) is 19.9 Å². The van der Waals surface area contributed by atoms with Gasteiger partial charge in [-0.05, 0) is 61.7 Å². The summed E-state index contributed by atoms with van der Waals surface area (Å²) >= 11 is 5.94. The molecule has 7 nitrogen and oxygen atoms in total. The van der Waals surface area contributed by atoms with E-state index in [0.717, 1.165) is 27.3 Å². The lowest BCUT2D eigenvalue weighted by molar-refractivity contribution is -0.139. The van der Waals surface area contributed by atoms with Crippen LogP contribution in [-0.2, 0) is 26.2 Å². The SMILES string of the molecule is CNC(=O)[C@@H](C)N(Cc1ccc(Cl)cc1)C(=O)CN(c1cc(C)cc(C)c1)S(C)(=O)=O. The Kier molecular flexibility index (Phi) is 8.08. The molecule has 0 aromatic heterocycles. The van der Waals surface area contributed by atoms with Gasteiger partial charge in [0.05, 0.1) is 11.9 Å². The van der Waals surface area contributed by atoms with Gasteiger partial charge in [0, 0.05) is 18.6 Å². The standard InChI is InChI=1S/C22H28ClN3O4S/c1-15-10-16(2)12-20(11-15)26(31(5,29)30)14-21(27)25(17(3)22(28)24-4)13-18-6-8-19(23)9-7-18/h6-12,17H,13-14H2,1-5H3,(H,24,28)/t17-/m1/s1. The number of carbonyl (C=O) groups is 2. The number of hydrogen-bond acceptors (Lipinski definition) is 4. The van der Waals surface area contributed by atoms with Crippen molar-refractivity contribution in [2.24, 2.45) is 0 Å². The summed E-state index contributed by atoms with van der Waals surface area (Å²) in [7, 11) is -2.25. The first kappa shape index (κ1) is 24.7. The summed E-state index contributed by atoms with van der Waals surface area (Å²) in [6.45, 7) is 5.04. The van der Waals surface area contributed by atoms with Gasteiger partial charge in [0.15, 0.2) is 0 Å². The molecule has 168 valence electrons. The molecule has 0 fully saturated rings. The van der Waals surface area contributed by atoms with Gasteiger partial charge < -0.3 is 10.2 Å². The molecule has 2 aromatic carbocycles. The van der Waals surface area contributed by atoms with E-state index >= 15 is 0 Å². The zero-order valence-electron chi connectivity index (χ0n) is 18.3. The second-order valence-electron chi connectivity index (χ2n) is 7.55. The number of halogens is 1. The predicted molar refractivity (Wildman–Crippen MR) is 124 cm³/mol. The molecule has 0 unspecified atom stereocenters. The molecule has 0 heterocycles. The van der Waals surface area contributed by atoms with E-state index < -0.39 is 28.5 Å². The summed E-state index contributed by atoms with van der Waals surface area (Å²) in [5.41, 5.74) is 2.94. The van der Waals surface area contributed by atoms with E-state index in [2.05, 4.69) is 5.32 Å². The minimum absolute atomic E-state index is 0.134. The van der Waals surface area contributed by atoms with Crippen LogP contribution in [0.25, 0.3) is 0 Å². The summed E-state index contributed by atoms with van der Waals surface area (Å²) in [4.78, 5) is 26.9. The van der Waals surface area contributed by atoms with Crippen molar-refractivity contribution in [1.82, 2.24) is 10.2 Å². The maximum atomic E-state index is 13.3. The highest BCUT2D eigenvalue weighted by molar-refractivity contribution is 7.92. The fourth-order valence-electron chi connectivity index (χ4n) is 3.29. The molecular weight excluding hydrogens is 438 g/mol. The van der Waals surface area contributed by atoms with Crippen molar-refractivity contribution in [2.45, 2.75) is 33.4 Å². The number of amides is 2. The fraction of sp³-hybridized carbons (Fsp3) is 0.364. The van der Waals surface area contributed by atoms with E-state index in [0.29, 0.717) is 10.7 Å². The molecule has 2 amide bonds. The smallest absolute Gasteiger partial charge is 0.244 e. The van der Waals surface area contributed by atoms with Gasteiger partial charge >= 0.3 is 0 Å². The Morgan fingerprint density at radius 3 is 2.10 bits per heavy atom. The minimum Gasteiger partial charge on any atom is -0.357 e. The van der Waals surface area contributed by atoms with Gasteiger partial charge in [-0.1, -0.05) is 29.8 Å². The van der Waals surface area contributed by atoms with Crippen LogP contribution < -0.4 is 9.62 Å². The summed E-state index contributed by atoms with van der Waals surface area (Å²) in [6.07, 6.45) is 1.06. The molecule has 2 rings (SSSR count). The fourth-order valence-corrected chi connectivity index (χ4v) is 4.25. The molecule has 1 atom stereocenters. The Hall–Kier alpha value is -2.58. The maximum absolute atomic E-state index is 13.3. The highest BCUT2D eigenvalue weighted by atomic mass is 35.5. The zero-order chi connectivity index (χ0) is 23.3. The summed E-state index contributed by atoms with van der Waals surface area (Å²) < 4.78 is 26.1. The lowest BCUT2D eigenvalue weighted by Gasteiger charge is -2.31. The minimum atomic E-state index is -3.74. The number of rotatable bonds is 8. The Morgan fingerprint density at radius 2 is 1.61 bits per heavy atom. The van der Waals surface area contributed by atoms with E-state index in [-0.39, 0.29) is 12.5 Å². The van der Waals surface area contributed by atoms with Gasteiger partial charge in [-0.2, -0.15) is 0 Å². The number of likely N-dealkylation sites (N-methyl/N-ethyl adjacent to an activating group) is 1. The Morgan fingerprint density at radius 1 is 1.06 bits per heavy atom. The number of anilines is 1. The molecule has 0 radical (unpaired) electrons. The molecule has 0 saturated carbocycles. The third kappa shape index (κ3) is 6.70. The molecule has 1 N–H and O–H groups in total. The van der Waals surface area contributed by atoms with Crippen LogP contribution in [0.3, 0.4) is 0 Å². The van der Waals surface area contributed by atoms with E-state index in [4.69, 9.17) is 11.6 Å². The molecule has 0 aliphatic carbocycles. The van der Waals surface area contributed by atoms with Gasteiger partial charge in [-0.25, -0.2) is 8.42 Å². The first-order valence-electron chi connectivity index (χ1n) is 9.74. The van der Waals surface area contributed by atoms with Crippen molar-refractivity contribution in [2.75, 3.05) is 24.2 Å². The summed E-state index contributed by atoms with van der Waals surface area (Å²) in [6, 6.07) is 11.5. The van der Waals surface area contributed by atoms with Crippen LogP contribution in [0.4, 0.5) is 5.69 Å². The predicted octanol–water partition coefficient (Wildman–Crippen LogP) is 2.89. The van der Waals surface area contributed by atoms with Crippen LogP contribution in [0, 0.1) is 13.8 Å². The van der Waals surface area contributed by atoms with Gasteiger partial charge in [0.25, 0.3) is 0 Å². The van der Waals surface area contributed by atoms with Crippen LogP contribution in [0.5, 0.6) is 0 Å². The highest BCUT2D eigenvalue weighted by Crippen LogP contribution is 2.22. The van der Waals surface area contributed by atoms with Crippen molar-refractivity contribution in [3.63, 3.8) is 0 Å². The normalized spacial score (nSPS) is 12.2. The van der Waals surface area contributed by atoms with Crippen molar-refractivity contribution in [3.05, 3.63) is 64.2 Å². The summed E-state index contributed by atoms with van der Waals surface area (Å²) in [5, 5.41) is 3.09. The van der Waals surface area contributed by atoms with Crippen molar-refractivity contribution < 1.29 is 18.0 Å². The van der Waals surface area contributed by atoms with Gasteiger partial charge in [0.1, 0.15) is 12.6 Å². The van der Waals surface area contributed by atoms with Crippen LogP contribution >= 0.6 is 11.6 Å². The van der Waals surface area contributed by atoms with E-state index in [1.54, 1.807) is 43.3 Å². The Labute approximate surface area is 189 Å². The molecule has 0 aliphatic rings. The summed E-state index contributed by atoms with van der Waals surface area (Å²) in [5.74, 6) is -0.838. The van der Waals surface area contributed by atoms with Gasteiger partial charge in [-0.3, -0.25) is 13.9 Å². The monoisotopic (exact) mass is 465 g/mol. The first-order chi connectivity index (χ1) is 14.4. The van der Waals surface area contributed by atoms with Crippen LogP contribution in [0.15, 0.2) is 42.5 Å². The largest absolute Gasteiger partial charge is 0.357 e. The van der Waals surface area contributed by atoms with Crippen molar-refractivity contribution in [1.29, 1.82) is 0 Å². The van der Waals surface area contributed by atoms with Crippen molar-refractivity contribution in [3.8, 4) is 0 Å². The zero-order valence-corrected chi connectivity index (χ0v) is 19.9. The van der Waals surface area contributed by atoms with Crippen LogP contribution in [0.1, 0.15) is 23.6 Å². The molecule has 2 aromatic rings. The molecular formula is C22H28ClN3O4S. The number of nitrogens with one attached hydrogen (secondary N) is 1. The van der Waals surface area contributed by atoms with Gasteiger partial charge in [0.2, 0.25) is 21.8 Å². The third-order valence-electron chi connectivity index (χ3n) is 4.85. The quantitative estimate of drug-likeness (QED) is 0.649. The number of hydrogen-bond donors (Lipinski definition) is 1. The number of aryl methyl sites for hydroxylation is 2. The molecule has 9 heteroatoms. The number of sulfonamides is 1. The second kappa shape index (κ2) is 10.2. The second-order valence-corrected chi connectivity index (χ2v) is 9.90. The lowest BCUT2D eigenvalue weighted by atomic mass is 10.1. The molecule has 0 saturated heterocycles. The van der Waals surface area contributed by atoms with Crippen LogP contribution in [-0.4, -0.2) is 51.0 Å². The Bertz CT molecular complexity index is 1030. The average molecular weight is 466 g/mol. The van der Waals surface area contributed by atoms with E-state index in [9.17, 15) is 18.0 Å². The highest BCUT2D eigenvalue weighted by Gasteiger charge is 2.29. The van der Waals surface area contributed by atoms with Gasteiger partial charge in [-0.15, -0.1) is 0 Å². The molecule has 31 heavy (non-hydrogen) atoms. The topological polar surface area (TPSA) is 86.8 Å². The maximum Gasteiger partial charge on any atom is 0.244 e. The third-order valence-corrected chi connectivity index (χ3v) is 6.25. The molecule has 0 bridgehead atoms. The lowest BCUT2D eigenvalue weighted by Crippen LogP contribution is -2.50. The Balaban J connectivity index is 2.40. The number of benzene rings is 2. The number of nitrogens with zero attached hydrogens (tertiary/aromatic N) is 2. The van der Waals surface area contributed by atoms with Crippen molar-refractivity contribution >= 4 is 39.1 Å². The van der Waals surface area contributed by atoms with E-state index in [1.165, 1.54) is 11.9 Å². The van der Waals surface area contributed by atoms with Crippen LogP contribution in [0.2, 0.25) is 5.02 Å². The first-order valence-corrected chi connectivity index (χ1v) is 12.0. The average Bonchev–Trinajstić information content (AvgIpc) is 2.68. The number of carbonyl (C=O) groups excluding carboxylic acids is 2. The molecule has 0 spiro atoms.